The van der Waals surface area contributed by atoms with Crippen molar-refractivity contribution in [2.75, 3.05) is 19.7 Å². The number of amides is 3. The molecule has 1 N–H and O–H groups in total. The van der Waals surface area contributed by atoms with Gasteiger partial charge in [-0.05, 0) is 18.1 Å². The number of carbonyl (C=O) groups excluding carboxylic acids is 2. The number of hydrogen-bond acceptors (Lipinski definition) is 3. The lowest BCUT2D eigenvalue weighted by Crippen LogP contribution is -2.41. The topological polar surface area (TPSA) is 63.6 Å². The molecule has 1 fully saturated rings. The summed E-state index contributed by atoms with van der Waals surface area (Å²) in [5.41, 5.74) is 2.35. The van der Waals surface area contributed by atoms with Crippen LogP contribution in [0.15, 0.2) is 30.5 Å². The summed E-state index contributed by atoms with van der Waals surface area (Å²) < 4.78 is 6.81. The minimum Gasteiger partial charge on any atom is -0.447 e. The van der Waals surface area contributed by atoms with Gasteiger partial charge in [0, 0.05) is 30.7 Å². The molecule has 3 amide bonds. The Balaban J connectivity index is 1.62. The number of aryl methyl sites for hydroxylation is 1. The molecule has 6 nitrogen and oxygen atoms in total. The van der Waals surface area contributed by atoms with Gasteiger partial charge in [-0.2, -0.15) is 0 Å². The van der Waals surface area contributed by atoms with Crippen LogP contribution in [0.3, 0.4) is 0 Å². The molecule has 21 heavy (non-hydrogen) atoms. The van der Waals surface area contributed by atoms with Gasteiger partial charge in [0.1, 0.15) is 6.61 Å². The third-order valence-electron chi connectivity index (χ3n) is 3.66. The van der Waals surface area contributed by atoms with Gasteiger partial charge >= 0.3 is 12.1 Å². The third-order valence-corrected chi connectivity index (χ3v) is 3.66. The third kappa shape index (κ3) is 2.56. The highest BCUT2D eigenvalue weighted by Crippen LogP contribution is 2.20. The zero-order valence-electron chi connectivity index (χ0n) is 11.8. The fourth-order valence-electron chi connectivity index (χ4n) is 2.60. The van der Waals surface area contributed by atoms with Gasteiger partial charge in [-0.15, -0.1) is 0 Å². The van der Waals surface area contributed by atoms with Crippen molar-refractivity contribution >= 4 is 23.0 Å². The highest BCUT2D eigenvalue weighted by molar-refractivity contribution is 5.92. The number of carbonyl (C=O) groups is 2. The van der Waals surface area contributed by atoms with E-state index >= 15 is 0 Å². The van der Waals surface area contributed by atoms with E-state index in [9.17, 15) is 9.59 Å². The first-order chi connectivity index (χ1) is 10.2. The molecule has 0 bridgehead atoms. The summed E-state index contributed by atoms with van der Waals surface area (Å²) in [5.74, 6) is 0. The van der Waals surface area contributed by atoms with Crippen molar-refractivity contribution in [1.29, 1.82) is 0 Å². The molecule has 2 aromatic rings. The van der Waals surface area contributed by atoms with E-state index in [0.29, 0.717) is 13.1 Å². The van der Waals surface area contributed by atoms with E-state index < -0.39 is 12.1 Å². The van der Waals surface area contributed by atoms with Crippen molar-refractivity contribution in [2.45, 2.75) is 6.42 Å². The quantitative estimate of drug-likeness (QED) is 0.937. The van der Waals surface area contributed by atoms with Crippen LogP contribution in [0.4, 0.5) is 9.59 Å². The first kappa shape index (κ1) is 13.5. The van der Waals surface area contributed by atoms with E-state index in [0.717, 1.165) is 11.3 Å². The van der Waals surface area contributed by atoms with Crippen molar-refractivity contribution in [1.82, 2.24) is 14.8 Å². The molecule has 2 heterocycles. The molecule has 3 rings (SSSR count). The summed E-state index contributed by atoms with van der Waals surface area (Å²) in [7, 11) is 2.00. The van der Waals surface area contributed by atoms with Gasteiger partial charge in [0.25, 0.3) is 0 Å². The zero-order chi connectivity index (χ0) is 14.8. The molecule has 1 aromatic carbocycles. The highest BCUT2D eigenvalue weighted by atomic mass is 16.6. The summed E-state index contributed by atoms with van der Waals surface area (Å²) in [6.07, 6.45) is 2.22. The Kier molecular flexibility index (Phi) is 3.51. The van der Waals surface area contributed by atoms with Crippen LogP contribution in [0.1, 0.15) is 5.56 Å². The second-order valence-electron chi connectivity index (χ2n) is 5.03. The van der Waals surface area contributed by atoms with Gasteiger partial charge in [-0.3, -0.25) is 0 Å². The normalized spacial score (nSPS) is 14.5. The van der Waals surface area contributed by atoms with Gasteiger partial charge in [-0.1, -0.05) is 18.2 Å². The number of cyclic esters (lactones) is 1. The van der Waals surface area contributed by atoms with Crippen LogP contribution in [0.25, 0.3) is 10.9 Å². The number of nitrogens with one attached hydrogen (secondary N) is 1. The van der Waals surface area contributed by atoms with Crippen LogP contribution in [-0.2, 0) is 18.2 Å². The van der Waals surface area contributed by atoms with Crippen LogP contribution in [-0.4, -0.2) is 41.3 Å². The summed E-state index contributed by atoms with van der Waals surface area (Å²) in [6, 6.07) is 7.76. The summed E-state index contributed by atoms with van der Waals surface area (Å²) in [5, 5.41) is 3.94. The van der Waals surface area contributed by atoms with Crippen LogP contribution >= 0.6 is 0 Å². The minimum atomic E-state index is -0.572. The lowest BCUT2D eigenvalue weighted by atomic mass is 10.1. The minimum absolute atomic E-state index is 0.273. The Morgan fingerprint density at radius 2 is 2.19 bits per heavy atom. The highest BCUT2D eigenvalue weighted by Gasteiger charge is 2.27. The number of rotatable bonds is 3. The molecule has 0 unspecified atom stereocenters. The van der Waals surface area contributed by atoms with Gasteiger partial charge in [-0.25, -0.2) is 14.5 Å². The molecule has 1 aliphatic rings. The van der Waals surface area contributed by atoms with Crippen LogP contribution in [0.5, 0.6) is 0 Å². The van der Waals surface area contributed by atoms with E-state index in [1.54, 1.807) is 0 Å². The Hall–Kier alpha value is -2.50. The number of aromatic nitrogens is 1. The number of nitrogens with zero attached hydrogens (tertiary/aromatic N) is 2. The smallest absolute Gasteiger partial charge is 0.418 e. The average Bonchev–Trinajstić information content (AvgIpc) is 3.04. The van der Waals surface area contributed by atoms with Crippen LogP contribution in [0.2, 0.25) is 0 Å². The Morgan fingerprint density at radius 1 is 1.38 bits per heavy atom. The second-order valence-corrected chi connectivity index (χ2v) is 5.03. The number of benzene rings is 1. The maximum atomic E-state index is 11.8. The Labute approximate surface area is 122 Å². The lowest BCUT2D eigenvalue weighted by molar-refractivity contribution is 0.158. The molecular weight excluding hydrogens is 270 g/mol. The van der Waals surface area contributed by atoms with Crippen molar-refractivity contribution in [3.8, 4) is 0 Å². The van der Waals surface area contributed by atoms with Crippen molar-refractivity contribution in [3.63, 3.8) is 0 Å². The SMILES string of the molecule is Cn1cc(CCNC(=O)N2CCOC2=O)c2ccccc21. The number of para-hydroxylation sites is 1. The number of fused-ring (bicyclic) bond motifs is 1. The summed E-state index contributed by atoms with van der Waals surface area (Å²) in [6.45, 7) is 1.07. The van der Waals surface area contributed by atoms with Crippen molar-refractivity contribution < 1.29 is 14.3 Å². The Morgan fingerprint density at radius 3 is 2.95 bits per heavy atom. The first-order valence-electron chi connectivity index (χ1n) is 6.92. The van der Waals surface area contributed by atoms with E-state index in [4.69, 9.17) is 4.74 Å². The number of imide groups is 1. The molecule has 0 atom stereocenters. The van der Waals surface area contributed by atoms with E-state index in [1.807, 2.05) is 19.2 Å². The summed E-state index contributed by atoms with van der Waals surface area (Å²) >= 11 is 0. The summed E-state index contributed by atoms with van der Waals surface area (Å²) in [4.78, 5) is 24.2. The number of hydrogen-bond donors (Lipinski definition) is 1. The molecule has 6 heteroatoms. The first-order valence-corrected chi connectivity index (χ1v) is 6.92. The van der Waals surface area contributed by atoms with Gasteiger partial charge in [0.05, 0.1) is 6.54 Å². The van der Waals surface area contributed by atoms with E-state index in [1.165, 1.54) is 16.5 Å². The monoisotopic (exact) mass is 287 g/mol. The van der Waals surface area contributed by atoms with Gasteiger partial charge < -0.3 is 14.6 Å². The molecule has 110 valence electrons. The number of ether oxygens (including phenoxy) is 1. The second kappa shape index (κ2) is 5.47. The fourth-order valence-corrected chi connectivity index (χ4v) is 2.60. The van der Waals surface area contributed by atoms with E-state index in [2.05, 4.69) is 28.2 Å². The van der Waals surface area contributed by atoms with Crippen molar-refractivity contribution in [3.05, 3.63) is 36.0 Å². The number of urea groups is 1. The Bertz CT molecular complexity index is 693. The maximum Gasteiger partial charge on any atom is 0.418 e. The average molecular weight is 287 g/mol. The van der Waals surface area contributed by atoms with Crippen LogP contribution in [0, 0.1) is 0 Å². The predicted molar refractivity (Wildman–Crippen MR) is 78.1 cm³/mol. The standard InChI is InChI=1S/C15H17N3O3/c1-17-10-11(12-4-2-3-5-13(12)17)6-7-16-14(19)18-8-9-21-15(18)20/h2-5,10H,6-9H2,1H3,(H,16,19). The zero-order valence-corrected chi connectivity index (χ0v) is 11.8. The fraction of sp³-hybridized carbons (Fsp3) is 0.333. The molecular formula is C15H17N3O3. The molecule has 0 aliphatic carbocycles. The van der Waals surface area contributed by atoms with E-state index in [-0.39, 0.29) is 6.61 Å². The van der Waals surface area contributed by atoms with Gasteiger partial charge in [0.2, 0.25) is 0 Å². The largest absolute Gasteiger partial charge is 0.447 e. The molecule has 1 aliphatic heterocycles. The molecule has 0 radical (unpaired) electrons. The van der Waals surface area contributed by atoms with Crippen LogP contribution < -0.4 is 5.32 Å². The predicted octanol–water partition coefficient (Wildman–Crippen LogP) is 1.88. The maximum absolute atomic E-state index is 11.8. The van der Waals surface area contributed by atoms with Crippen molar-refractivity contribution in [2.24, 2.45) is 7.05 Å². The van der Waals surface area contributed by atoms with Gasteiger partial charge in [0.15, 0.2) is 0 Å². The molecule has 0 spiro atoms. The molecule has 1 saturated heterocycles. The lowest BCUT2D eigenvalue weighted by Gasteiger charge is -2.11. The molecule has 0 saturated carbocycles. The molecule has 1 aromatic heterocycles.